The predicted octanol–water partition coefficient (Wildman–Crippen LogP) is 4.35. The molecule has 3 rings (SSSR count). The highest BCUT2D eigenvalue weighted by molar-refractivity contribution is 8.16. The molecule has 1 fully saturated rings. The first kappa shape index (κ1) is 17.7. The topological polar surface area (TPSA) is 38.3 Å². The molecule has 3 nitrogen and oxygen atoms in total. The number of amides is 1. The van der Waals surface area contributed by atoms with Crippen LogP contribution in [0.5, 0.6) is 5.75 Å². The van der Waals surface area contributed by atoms with Crippen LogP contribution in [0.1, 0.15) is 21.4 Å². The van der Waals surface area contributed by atoms with Gasteiger partial charge in [0.25, 0.3) is 5.91 Å². The zero-order chi connectivity index (χ0) is 16.6. The molecule has 2 aromatic rings. The Labute approximate surface area is 155 Å². The number of benzene rings is 1. The molecule has 1 aliphatic heterocycles. The summed E-state index contributed by atoms with van der Waals surface area (Å²) >= 11 is 5.73. The minimum absolute atomic E-state index is 0.0662. The van der Waals surface area contributed by atoms with E-state index in [0.29, 0.717) is 11.1 Å². The van der Waals surface area contributed by atoms with Gasteiger partial charge in [0.1, 0.15) is 5.75 Å². The van der Waals surface area contributed by atoms with E-state index in [1.807, 2.05) is 47.1 Å². The molecule has 1 amide bonds. The zero-order valence-corrected chi connectivity index (χ0v) is 15.9. The summed E-state index contributed by atoms with van der Waals surface area (Å²) in [5.41, 5.74) is 1.33. The highest BCUT2D eigenvalue weighted by atomic mass is 32.2. The van der Waals surface area contributed by atoms with Crippen LogP contribution in [-0.4, -0.2) is 30.6 Å². The van der Waals surface area contributed by atoms with Crippen LogP contribution >= 0.6 is 34.9 Å². The van der Waals surface area contributed by atoms with Gasteiger partial charge in [0.2, 0.25) is 0 Å². The van der Waals surface area contributed by atoms with E-state index in [1.54, 1.807) is 11.3 Å². The summed E-state index contributed by atoms with van der Waals surface area (Å²) < 4.78 is 6.11. The lowest BCUT2D eigenvalue weighted by molar-refractivity contribution is -0.123. The first-order valence-electron chi connectivity index (χ1n) is 8.06. The van der Waals surface area contributed by atoms with Gasteiger partial charge in [-0.3, -0.25) is 4.79 Å². The molecule has 0 spiro atoms. The maximum Gasteiger partial charge on any atom is 0.257 e. The lowest BCUT2D eigenvalue weighted by Crippen LogP contribution is -2.30. The number of carbonyl (C=O) groups is 1. The zero-order valence-electron chi connectivity index (χ0n) is 13.4. The minimum Gasteiger partial charge on any atom is -0.484 e. The molecule has 1 aliphatic rings. The number of hydrogen-bond donors (Lipinski definition) is 1. The molecule has 1 aromatic heterocycles. The van der Waals surface area contributed by atoms with E-state index in [0.717, 1.165) is 12.2 Å². The second kappa shape index (κ2) is 9.39. The van der Waals surface area contributed by atoms with Crippen LogP contribution in [0, 0.1) is 0 Å². The Hall–Kier alpha value is -1.11. The summed E-state index contributed by atoms with van der Waals surface area (Å²) in [4.78, 5) is 13.1. The lowest BCUT2D eigenvalue weighted by atomic mass is 10.2. The van der Waals surface area contributed by atoms with Gasteiger partial charge in [-0.05, 0) is 53.5 Å². The van der Waals surface area contributed by atoms with Crippen molar-refractivity contribution in [2.75, 3.05) is 24.7 Å². The first-order valence-corrected chi connectivity index (χ1v) is 11.0. The maximum atomic E-state index is 11.8. The molecule has 1 aromatic carbocycles. The molecule has 0 unspecified atom stereocenters. The van der Waals surface area contributed by atoms with Crippen molar-refractivity contribution in [1.29, 1.82) is 0 Å². The van der Waals surface area contributed by atoms with Gasteiger partial charge in [0.05, 0.1) is 4.58 Å². The molecule has 1 saturated heterocycles. The van der Waals surface area contributed by atoms with Gasteiger partial charge in [-0.2, -0.15) is 0 Å². The van der Waals surface area contributed by atoms with Crippen molar-refractivity contribution in [3.8, 4) is 5.75 Å². The third-order valence-corrected chi connectivity index (χ3v) is 7.57. The molecule has 0 radical (unpaired) electrons. The Bertz CT molecular complexity index is 622. The number of hydrogen-bond acceptors (Lipinski definition) is 5. The summed E-state index contributed by atoms with van der Waals surface area (Å²) in [6.45, 7) is 0.717. The van der Waals surface area contributed by atoms with Gasteiger partial charge < -0.3 is 10.1 Å². The van der Waals surface area contributed by atoms with Crippen molar-refractivity contribution in [2.45, 2.75) is 17.4 Å². The van der Waals surface area contributed by atoms with E-state index in [-0.39, 0.29) is 12.5 Å². The van der Waals surface area contributed by atoms with Crippen LogP contribution in [-0.2, 0) is 11.2 Å². The van der Waals surface area contributed by atoms with Crippen LogP contribution in [0.15, 0.2) is 41.8 Å². The quantitative estimate of drug-likeness (QED) is 0.776. The fraction of sp³-hybridized carbons (Fsp3) is 0.389. The molecule has 2 heterocycles. The third-order valence-electron chi connectivity index (χ3n) is 3.62. The smallest absolute Gasteiger partial charge is 0.257 e. The van der Waals surface area contributed by atoms with Crippen LogP contribution in [0.2, 0.25) is 0 Å². The third kappa shape index (κ3) is 5.46. The lowest BCUT2D eigenvalue weighted by Gasteiger charge is -2.21. The normalized spacial score (nSPS) is 15.2. The summed E-state index contributed by atoms with van der Waals surface area (Å²) in [6.07, 6.45) is 2.17. The SMILES string of the molecule is O=C(COc1ccc(C2SCCCS2)cc1)NCCc1cccs1. The maximum absolute atomic E-state index is 11.8. The first-order chi connectivity index (χ1) is 11.8. The van der Waals surface area contributed by atoms with E-state index in [9.17, 15) is 4.79 Å². The second-order valence-electron chi connectivity index (χ2n) is 5.46. The Morgan fingerprint density at radius 3 is 2.67 bits per heavy atom. The number of nitrogens with one attached hydrogen (secondary N) is 1. The summed E-state index contributed by atoms with van der Waals surface area (Å²) in [5.74, 6) is 3.15. The van der Waals surface area contributed by atoms with Crippen LogP contribution in [0.25, 0.3) is 0 Å². The molecule has 0 atom stereocenters. The molecular weight excluding hydrogens is 358 g/mol. The fourth-order valence-corrected chi connectivity index (χ4v) is 5.98. The Kier molecular flexibility index (Phi) is 6.93. The van der Waals surface area contributed by atoms with Crippen molar-refractivity contribution in [3.63, 3.8) is 0 Å². The number of thiophene rings is 1. The number of ether oxygens (including phenoxy) is 1. The number of thioether (sulfide) groups is 2. The second-order valence-corrected chi connectivity index (χ2v) is 9.22. The van der Waals surface area contributed by atoms with Crippen molar-refractivity contribution in [2.24, 2.45) is 0 Å². The summed E-state index contributed by atoms with van der Waals surface area (Å²) in [7, 11) is 0. The van der Waals surface area contributed by atoms with Gasteiger partial charge in [-0.25, -0.2) is 0 Å². The van der Waals surface area contributed by atoms with Gasteiger partial charge >= 0.3 is 0 Å². The van der Waals surface area contributed by atoms with E-state index < -0.39 is 0 Å². The summed E-state index contributed by atoms with van der Waals surface area (Å²) in [5, 5.41) is 4.94. The Morgan fingerprint density at radius 2 is 1.96 bits per heavy atom. The molecule has 0 aliphatic carbocycles. The highest BCUT2D eigenvalue weighted by Gasteiger charge is 2.16. The van der Waals surface area contributed by atoms with E-state index in [2.05, 4.69) is 23.5 Å². The number of rotatable bonds is 7. The Morgan fingerprint density at radius 1 is 1.17 bits per heavy atom. The fourth-order valence-electron chi connectivity index (χ4n) is 2.38. The van der Waals surface area contributed by atoms with Crippen molar-refractivity contribution < 1.29 is 9.53 Å². The van der Waals surface area contributed by atoms with Crippen molar-refractivity contribution in [1.82, 2.24) is 5.32 Å². The largest absolute Gasteiger partial charge is 0.484 e. The Balaban J connectivity index is 1.38. The van der Waals surface area contributed by atoms with Gasteiger partial charge in [-0.15, -0.1) is 34.9 Å². The average Bonchev–Trinajstić information content (AvgIpc) is 3.15. The van der Waals surface area contributed by atoms with Gasteiger partial charge in [0, 0.05) is 11.4 Å². The predicted molar refractivity (Wildman–Crippen MR) is 105 cm³/mol. The molecule has 128 valence electrons. The minimum atomic E-state index is -0.0750. The molecule has 0 saturated carbocycles. The van der Waals surface area contributed by atoms with E-state index in [1.165, 1.54) is 28.4 Å². The monoisotopic (exact) mass is 379 g/mol. The van der Waals surface area contributed by atoms with Gasteiger partial charge in [0.15, 0.2) is 6.61 Å². The number of carbonyl (C=O) groups excluding carboxylic acids is 1. The van der Waals surface area contributed by atoms with Crippen molar-refractivity contribution >= 4 is 40.8 Å². The molecule has 24 heavy (non-hydrogen) atoms. The standard InChI is InChI=1S/C18H21NO2S3/c20-17(19-9-8-16-3-1-10-22-16)13-21-15-6-4-14(5-7-15)18-23-11-2-12-24-18/h1,3-7,10,18H,2,8-9,11-13H2,(H,19,20). The van der Waals surface area contributed by atoms with E-state index in [4.69, 9.17) is 4.74 Å². The average molecular weight is 380 g/mol. The van der Waals surface area contributed by atoms with Crippen LogP contribution in [0.3, 0.4) is 0 Å². The molecular formula is C18H21NO2S3. The van der Waals surface area contributed by atoms with Crippen LogP contribution in [0.4, 0.5) is 0 Å². The van der Waals surface area contributed by atoms with Gasteiger partial charge in [-0.1, -0.05) is 18.2 Å². The molecule has 1 N–H and O–H groups in total. The molecule has 0 bridgehead atoms. The highest BCUT2D eigenvalue weighted by Crippen LogP contribution is 2.43. The van der Waals surface area contributed by atoms with Crippen molar-refractivity contribution in [3.05, 3.63) is 52.2 Å². The molecule has 6 heteroatoms. The van der Waals surface area contributed by atoms with E-state index >= 15 is 0 Å². The summed E-state index contributed by atoms with van der Waals surface area (Å²) in [6, 6.07) is 12.3. The van der Waals surface area contributed by atoms with Crippen LogP contribution < -0.4 is 10.1 Å².